The maximum atomic E-state index is 12.5. The standard InChI is InChI=1S/C14H15F3N2OS/c1-2-7-19-13(12-8-18-9-21-12)10-5-3-4-6-11(10)20-14(15,16)17/h3-6,8-9,13,19H,2,7H2,1H3. The van der Waals surface area contributed by atoms with Gasteiger partial charge in [0.25, 0.3) is 0 Å². The second-order valence-corrected chi connectivity index (χ2v) is 5.29. The van der Waals surface area contributed by atoms with Gasteiger partial charge in [0.2, 0.25) is 0 Å². The summed E-state index contributed by atoms with van der Waals surface area (Å²) in [5, 5.41) is 3.24. The predicted octanol–water partition coefficient (Wildman–Crippen LogP) is 4.13. The van der Waals surface area contributed by atoms with Crippen molar-refractivity contribution >= 4 is 11.3 Å². The first kappa shape index (κ1) is 15.8. The number of para-hydroxylation sites is 1. The zero-order valence-corrected chi connectivity index (χ0v) is 12.2. The second-order valence-electron chi connectivity index (χ2n) is 4.38. The Hall–Kier alpha value is -1.60. The number of nitrogens with zero attached hydrogens (tertiary/aromatic N) is 1. The molecule has 21 heavy (non-hydrogen) atoms. The molecule has 1 unspecified atom stereocenters. The molecule has 0 spiro atoms. The summed E-state index contributed by atoms with van der Waals surface area (Å²) in [6.07, 6.45) is -2.18. The van der Waals surface area contributed by atoms with Gasteiger partial charge in [-0.05, 0) is 19.0 Å². The Bertz CT molecular complexity index is 558. The number of aromatic nitrogens is 1. The topological polar surface area (TPSA) is 34.2 Å². The van der Waals surface area contributed by atoms with Crippen LogP contribution in [0.4, 0.5) is 13.2 Å². The van der Waals surface area contributed by atoms with Crippen molar-refractivity contribution in [3.05, 3.63) is 46.4 Å². The molecule has 1 aromatic carbocycles. The van der Waals surface area contributed by atoms with Crippen molar-refractivity contribution in [2.24, 2.45) is 0 Å². The highest BCUT2D eigenvalue weighted by Crippen LogP contribution is 2.34. The fourth-order valence-corrected chi connectivity index (χ4v) is 2.67. The van der Waals surface area contributed by atoms with Gasteiger partial charge >= 0.3 is 6.36 Å². The van der Waals surface area contributed by atoms with E-state index in [1.54, 1.807) is 23.8 Å². The lowest BCUT2D eigenvalue weighted by Crippen LogP contribution is -2.25. The van der Waals surface area contributed by atoms with Crippen molar-refractivity contribution in [1.29, 1.82) is 0 Å². The van der Waals surface area contributed by atoms with Crippen LogP contribution in [-0.4, -0.2) is 17.9 Å². The molecule has 2 aromatic rings. The molecule has 114 valence electrons. The summed E-state index contributed by atoms with van der Waals surface area (Å²) in [5.41, 5.74) is 2.11. The van der Waals surface area contributed by atoms with Gasteiger partial charge in [0, 0.05) is 16.6 Å². The van der Waals surface area contributed by atoms with Crippen LogP contribution in [0.15, 0.2) is 36.0 Å². The van der Waals surface area contributed by atoms with Crippen LogP contribution < -0.4 is 10.1 Å². The van der Waals surface area contributed by atoms with Crippen molar-refractivity contribution in [2.75, 3.05) is 6.54 Å². The Morgan fingerprint density at radius 1 is 1.33 bits per heavy atom. The number of thiazole rings is 1. The molecule has 0 bridgehead atoms. The van der Waals surface area contributed by atoms with Gasteiger partial charge in [0.05, 0.1) is 11.6 Å². The highest BCUT2D eigenvalue weighted by atomic mass is 32.1. The summed E-state index contributed by atoms with van der Waals surface area (Å²) in [5.74, 6) is -0.188. The molecular formula is C14H15F3N2OS. The molecular weight excluding hydrogens is 301 g/mol. The van der Waals surface area contributed by atoms with E-state index in [9.17, 15) is 13.2 Å². The van der Waals surface area contributed by atoms with E-state index in [1.165, 1.54) is 23.5 Å². The highest BCUT2D eigenvalue weighted by molar-refractivity contribution is 7.09. The molecule has 3 nitrogen and oxygen atoms in total. The molecule has 0 aliphatic carbocycles. The number of ether oxygens (including phenoxy) is 1. The van der Waals surface area contributed by atoms with Crippen molar-refractivity contribution in [3.8, 4) is 5.75 Å². The molecule has 1 atom stereocenters. The van der Waals surface area contributed by atoms with Crippen molar-refractivity contribution in [3.63, 3.8) is 0 Å². The predicted molar refractivity (Wildman–Crippen MR) is 75.4 cm³/mol. The normalized spacial score (nSPS) is 13.1. The minimum atomic E-state index is -4.71. The quantitative estimate of drug-likeness (QED) is 0.870. The van der Waals surface area contributed by atoms with E-state index in [0.29, 0.717) is 12.1 Å². The molecule has 1 aromatic heterocycles. The summed E-state index contributed by atoms with van der Waals surface area (Å²) in [6.45, 7) is 2.68. The van der Waals surface area contributed by atoms with Gasteiger partial charge in [-0.15, -0.1) is 24.5 Å². The van der Waals surface area contributed by atoms with Gasteiger partial charge < -0.3 is 10.1 Å². The molecule has 2 rings (SSSR count). The average molecular weight is 316 g/mol. The number of rotatable bonds is 6. The first-order valence-corrected chi connectivity index (χ1v) is 7.35. The van der Waals surface area contributed by atoms with E-state index >= 15 is 0 Å². The van der Waals surface area contributed by atoms with Crippen LogP contribution in [0.5, 0.6) is 5.75 Å². The molecule has 0 saturated carbocycles. The van der Waals surface area contributed by atoms with E-state index in [-0.39, 0.29) is 11.8 Å². The van der Waals surface area contributed by atoms with Gasteiger partial charge in [0.15, 0.2) is 0 Å². The van der Waals surface area contributed by atoms with Crippen LogP contribution in [0.1, 0.15) is 29.8 Å². The summed E-state index contributed by atoms with van der Waals surface area (Å²) in [6, 6.07) is 5.81. The monoisotopic (exact) mass is 316 g/mol. The molecule has 7 heteroatoms. The van der Waals surface area contributed by atoms with Crippen LogP contribution in [0.3, 0.4) is 0 Å². The Labute approximate surface area is 124 Å². The third-order valence-corrected chi connectivity index (χ3v) is 3.63. The number of hydrogen-bond donors (Lipinski definition) is 1. The fraction of sp³-hybridized carbons (Fsp3) is 0.357. The molecule has 0 amide bonds. The van der Waals surface area contributed by atoms with Crippen LogP contribution in [0.2, 0.25) is 0 Å². The van der Waals surface area contributed by atoms with E-state index in [4.69, 9.17) is 0 Å². The third kappa shape index (κ3) is 4.44. The lowest BCUT2D eigenvalue weighted by molar-refractivity contribution is -0.275. The smallest absolute Gasteiger partial charge is 0.405 e. The molecule has 0 saturated heterocycles. The summed E-state index contributed by atoms with van der Waals surface area (Å²) < 4.78 is 41.7. The zero-order chi connectivity index (χ0) is 15.3. The van der Waals surface area contributed by atoms with Gasteiger partial charge in [-0.3, -0.25) is 4.98 Å². The number of halogens is 3. The van der Waals surface area contributed by atoms with E-state index < -0.39 is 6.36 Å². The minimum Gasteiger partial charge on any atom is -0.405 e. The van der Waals surface area contributed by atoms with Crippen molar-refractivity contribution in [1.82, 2.24) is 10.3 Å². The second kappa shape index (κ2) is 6.91. The first-order chi connectivity index (χ1) is 10.0. The van der Waals surface area contributed by atoms with Crippen molar-refractivity contribution < 1.29 is 17.9 Å². The number of benzene rings is 1. The number of hydrogen-bond acceptors (Lipinski definition) is 4. The van der Waals surface area contributed by atoms with Gasteiger partial charge in [-0.25, -0.2) is 0 Å². The van der Waals surface area contributed by atoms with Gasteiger partial charge in [-0.1, -0.05) is 25.1 Å². The lowest BCUT2D eigenvalue weighted by atomic mass is 10.0. The maximum Gasteiger partial charge on any atom is 0.573 e. The third-order valence-electron chi connectivity index (χ3n) is 2.79. The van der Waals surface area contributed by atoms with Crippen LogP contribution in [-0.2, 0) is 0 Å². The number of nitrogens with one attached hydrogen (secondary N) is 1. The fourth-order valence-electron chi connectivity index (χ4n) is 1.96. The van der Waals surface area contributed by atoms with E-state index in [2.05, 4.69) is 15.0 Å². The molecule has 1 N–H and O–H groups in total. The molecule has 1 heterocycles. The van der Waals surface area contributed by atoms with Crippen LogP contribution in [0.25, 0.3) is 0 Å². The Morgan fingerprint density at radius 2 is 2.10 bits per heavy atom. The zero-order valence-electron chi connectivity index (χ0n) is 11.4. The summed E-state index contributed by atoms with van der Waals surface area (Å²) >= 11 is 1.39. The maximum absolute atomic E-state index is 12.5. The largest absolute Gasteiger partial charge is 0.573 e. The SMILES string of the molecule is CCCNC(c1cncs1)c1ccccc1OC(F)(F)F. The summed E-state index contributed by atoms with van der Waals surface area (Å²) in [4.78, 5) is 4.85. The van der Waals surface area contributed by atoms with E-state index in [1.807, 2.05) is 6.92 Å². The Morgan fingerprint density at radius 3 is 2.71 bits per heavy atom. The minimum absolute atomic E-state index is 0.188. The van der Waals surface area contributed by atoms with Gasteiger partial charge in [-0.2, -0.15) is 0 Å². The first-order valence-electron chi connectivity index (χ1n) is 6.47. The molecule has 0 radical (unpaired) electrons. The number of alkyl halides is 3. The van der Waals surface area contributed by atoms with Crippen molar-refractivity contribution in [2.45, 2.75) is 25.7 Å². The lowest BCUT2D eigenvalue weighted by Gasteiger charge is -2.21. The molecule has 0 aliphatic heterocycles. The van der Waals surface area contributed by atoms with Crippen LogP contribution >= 0.6 is 11.3 Å². The average Bonchev–Trinajstić information content (AvgIpc) is 2.93. The molecule has 0 aliphatic rings. The molecule has 0 fully saturated rings. The van der Waals surface area contributed by atoms with E-state index in [0.717, 1.165) is 11.3 Å². The van der Waals surface area contributed by atoms with Gasteiger partial charge in [0.1, 0.15) is 5.75 Å². The Kier molecular flexibility index (Phi) is 5.19. The highest BCUT2D eigenvalue weighted by Gasteiger charge is 2.33. The summed E-state index contributed by atoms with van der Waals surface area (Å²) in [7, 11) is 0. The van der Waals surface area contributed by atoms with Crippen LogP contribution in [0, 0.1) is 0 Å². The Balaban J connectivity index is 2.35.